The predicted octanol–water partition coefficient (Wildman–Crippen LogP) is 4.09. The van der Waals surface area contributed by atoms with Gasteiger partial charge in [-0.1, -0.05) is 18.2 Å². The quantitative estimate of drug-likeness (QED) is 0.330. The first-order chi connectivity index (χ1) is 11.5. The van der Waals surface area contributed by atoms with Crippen LogP contribution >= 0.6 is 34.4 Å². The van der Waals surface area contributed by atoms with Gasteiger partial charge in [-0.05, 0) is 64.2 Å². The first-order valence-electron chi connectivity index (χ1n) is 6.81. The number of non-ortho nitro benzene ring substituents is 1. The van der Waals surface area contributed by atoms with Crippen molar-refractivity contribution in [1.82, 2.24) is 5.32 Å². The number of nitro groups is 1. The van der Waals surface area contributed by atoms with Gasteiger partial charge in [0.25, 0.3) is 11.6 Å². The molecule has 0 saturated carbocycles. The molecular weight excluding hydrogens is 441 g/mol. The van der Waals surface area contributed by atoms with E-state index in [1.807, 2.05) is 24.3 Å². The van der Waals surface area contributed by atoms with Crippen LogP contribution in [0.15, 0.2) is 58.4 Å². The van der Waals surface area contributed by atoms with Gasteiger partial charge >= 0.3 is 0 Å². The van der Waals surface area contributed by atoms with E-state index in [1.54, 1.807) is 18.2 Å². The summed E-state index contributed by atoms with van der Waals surface area (Å²) in [7, 11) is 0. The number of nitrogens with zero attached hydrogens (tertiary/aromatic N) is 2. The maximum Gasteiger partial charge on any atom is 0.270 e. The fourth-order valence-corrected chi connectivity index (χ4v) is 3.39. The van der Waals surface area contributed by atoms with Crippen molar-refractivity contribution in [1.29, 1.82) is 0 Å². The normalized spacial score (nSPS) is 17.3. The van der Waals surface area contributed by atoms with Crippen molar-refractivity contribution in [3.8, 4) is 0 Å². The Kier molecular flexibility index (Phi) is 4.95. The van der Waals surface area contributed by atoms with Crippen LogP contribution in [0.2, 0.25) is 0 Å². The molecule has 120 valence electrons. The second-order valence-corrected chi connectivity index (χ2v) is 7.09. The van der Waals surface area contributed by atoms with Gasteiger partial charge in [-0.3, -0.25) is 14.9 Å². The van der Waals surface area contributed by atoms with Crippen molar-refractivity contribution in [2.75, 3.05) is 0 Å². The number of nitro benzene ring substituents is 1. The number of aliphatic imine (C=N–C) groups is 1. The smallest absolute Gasteiger partial charge is 0.270 e. The van der Waals surface area contributed by atoms with E-state index in [0.29, 0.717) is 15.6 Å². The molecule has 0 aromatic heterocycles. The molecule has 0 aliphatic carbocycles. The minimum Gasteiger partial charge on any atom is -0.300 e. The Bertz CT molecular complexity index is 896. The molecule has 1 amide bonds. The van der Waals surface area contributed by atoms with Crippen LogP contribution in [0.3, 0.4) is 0 Å². The molecule has 8 heteroatoms. The summed E-state index contributed by atoms with van der Waals surface area (Å²) in [5.41, 5.74) is 1.33. The summed E-state index contributed by atoms with van der Waals surface area (Å²) in [6.45, 7) is 0. The lowest BCUT2D eigenvalue weighted by molar-refractivity contribution is -0.384. The average Bonchev–Trinajstić information content (AvgIpc) is 2.87. The van der Waals surface area contributed by atoms with Gasteiger partial charge in [-0.25, -0.2) is 4.99 Å². The topological polar surface area (TPSA) is 84.6 Å². The molecule has 2 aromatic rings. The second kappa shape index (κ2) is 7.14. The summed E-state index contributed by atoms with van der Waals surface area (Å²) in [6.07, 6.45) is 1.62. The third-order valence-corrected chi connectivity index (χ3v) is 4.65. The van der Waals surface area contributed by atoms with E-state index >= 15 is 0 Å². The zero-order valence-electron chi connectivity index (χ0n) is 12.1. The number of carbonyl (C=O) groups is 1. The Balaban J connectivity index is 1.84. The molecule has 1 saturated heterocycles. The highest BCUT2D eigenvalue weighted by molar-refractivity contribution is 14.1. The lowest BCUT2D eigenvalue weighted by Gasteiger charge is -1.97. The van der Waals surface area contributed by atoms with Gasteiger partial charge in [-0.15, -0.1) is 0 Å². The highest BCUT2D eigenvalue weighted by Gasteiger charge is 2.24. The fourth-order valence-electron chi connectivity index (χ4n) is 2.02. The van der Waals surface area contributed by atoms with Gasteiger partial charge in [-0.2, -0.15) is 0 Å². The van der Waals surface area contributed by atoms with Crippen LogP contribution in [0.4, 0.5) is 11.4 Å². The van der Waals surface area contributed by atoms with Crippen LogP contribution in [-0.4, -0.2) is 16.0 Å². The number of hydrogen-bond acceptors (Lipinski definition) is 5. The minimum absolute atomic E-state index is 0.0134. The molecule has 3 rings (SSSR count). The SMILES string of the molecule is O=C1NC(=Nc2cccc(I)c2)S/C1=C/c1cccc([N+](=O)[O-])c1. The molecule has 0 spiro atoms. The molecule has 1 aliphatic heterocycles. The largest absolute Gasteiger partial charge is 0.300 e. The third-order valence-electron chi connectivity index (χ3n) is 3.07. The number of benzene rings is 2. The molecule has 1 aliphatic rings. The molecule has 2 aromatic carbocycles. The highest BCUT2D eigenvalue weighted by atomic mass is 127. The number of amides is 1. The minimum atomic E-state index is -0.465. The van der Waals surface area contributed by atoms with Gasteiger partial charge in [0.15, 0.2) is 5.17 Å². The molecule has 1 N–H and O–H groups in total. The standard InChI is InChI=1S/C16H10IN3O3S/c17-11-4-2-5-12(9-11)18-16-19-15(21)14(24-16)8-10-3-1-6-13(7-10)20(22)23/h1-9H,(H,18,19,21)/b14-8+. The van der Waals surface area contributed by atoms with Gasteiger partial charge in [0.2, 0.25) is 0 Å². The first kappa shape index (κ1) is 16.7. The van der Waals surface area contributed by atoms with Gasteiger partial charge in [0, 0.05) is 15.7 Å². The van der Waals surface area contributed by atoms with Crippen LogP contribution in [0.5, 0.6) is 0 Å². The number of rotatable bonds is 3. The Hall–Kier alpha value is -2.20. The maximum atomic E-state index is 12.0. The lowest BCUT2D eigenvalue weighted by Crippen LogP contribution is -2.19. The first-order valence-corrected chi connectivity index (χ1v) is 8.70. The van der Waals surface area contributed by atoms with E-state index < -0.39 is 4.92 Å². The van der Waals surface area contributed by atoms with Crippen LogP contribution in [-0.2, 0) is 4.79 Å². The Labute approximate surface area is 155 Å². The molecule has 1 fully saturated rings. The van der Waals surface area contributed by atoms with E-state index in [0.717, 1.165) is 9.26 Å². The number of halogens is 1. The molecule has 24 heavy (non-hydrogen) atoms. The van der Waals surface area contributed by atoms with Crippen molar-refractivity contribution in [3.63, 3.8) is 0 Å². The molecule has 0 bridgehead atoms. The molecule has 0 atom stereocenters. The maximum absolute atomic E-state index is 12.0. The summed E-state index contributed by atoms with van der Waals surface area (Å²) in [4.78, 5) is 27.2. The van der Waals surface area contributed by atoms with Crippen molar-refractivity contribution >= 4 is 62.9 Å². The number of nitrogens with one attached hydrogen (secondary N) is 1. The Morgan fingerprint density at radius 3 is 2.75 bits per heavy atom. The molecule has 6 nitrogen and oxygen atoms in total. The van der Waals surface area contributed by atoms with Gasteiger partial charge < -0.3 is 5.32 Å². The number of carbonyl (C=O) groups excluding carboxylic acids is 1. The van der Waals surface area contributed by atoms with Crippen LogP contribution < -0.4 is 5.32 Å². The van der Waals surface area contributed by atoms with Crippen LogP contribution in [0.25, 0.3) is 6.08 Å². The van der Waals surface area contributed by atoms with E-state index in [1.165, 1.54) is 23.9 Å². The number of thioether (sulfide) groups is 1. The Morgan fingerprint density at radius 2 is 2.00 bits per heavy atom. The van der Waals surface area contributed by atoms with E-state index in [2.05, 4.69) is 32.9 Å². The average molecular weight is 451 g/mol. The lowest BCUT2D eigenvalue weighted by atomic mass is 10.2. The monoisotopic (exact) mass is 451 g/mol. The summed E-state index contributed by atoms with van der Waals surface area (Å²) in [5, 5.41) is 14.0. The highest BCUT2D eigenvalue weighted by Crippen LogP contribution is 2.29. The second-order valence-electron chi connectivity index (χ2n) is 4.81. The summed E-state index contributed by atoms with van der Waals surface area (Å²) < 4.78 is 1.05. The third kappa shape index (κ3) is 4.01. The number of amidine groups is 1. The van der Waals surface area contributed by atoms with Crippen molar-refractivity contribution < 1.29 is 9.72 Å². The van der Waals surface area contributed by atoms with Crippen molar-refractivity contribution in [2.24, 2.45) is 4.99 Å². The van der Waals surface area contributed by atoms with Crippen LogP contribution in [0, 0.1) is 13.7 Å². The Morgan fingerprint density at radius 1 is 1.21 bits per heavy atom. The molecular formula is C16H10IN3O3S. The van der Waals surface area contributed by atoms with Crippen molar-refractivity contribution in [2.45, 2.75) is 0 Å². The van der Waals surface area contributed by atoms with Gasteiger partial charge in [0.05, 0.1) is 15.5 Å². The summed E-state index contributed by atoms with van der Waals surface area (Å²) >= 11 is 3.40. The molecule has 1 heterocycles. The van der Waals surface area contributed by atoms with E-state index in [4.69, 9.17) is 0 Å². The summed E-state index contributed by atoms with van der Waals surface area (Å²) in [5.74, 6) is -0.268. The number of hydrogen-bond donors (Lipinski definition) is 1. The van der Waals surface area contributed by atoms with E-state index in [-0.39, 0.29) is 11.6 Å². The van der Waals surface area contributed by atoms with Crippen molar-refractivity contribution in [3.05, 3.63) is 72.7 Å². The molecule has 0 radical (unpaired) electrons. The zero-order valence-corrected chi connectivity index (χ0v) is 15.1. The molecule has 0 unspecified atom stereocenters. The zero-order chi connectivity index (χ0) is 17.1. The van der Waals surface area contributed by atoms with Gasteiger partial charge in [0.1, 0.15) is 0 Å². The summed E-state index contributed by atoms with van der Waals surface area (Å²) in [6, 6.07) is 13.7. The van der Waals surface area contributed by atoms with E-state index in [9.17, 15) is 14.9 Å². The fraction of sp³-hybridized carbons (Fsp3) is 0. The van der Waals surface area contributed by atoms with Crippen LogP contribution in [0.1, 0.15) is 5.56 Å². The predicted molar refractivity (Wildman–Crippen MR) is 103 cm³/mol.